The van der Waals surface area contributed by atoms with E-state index < -0.39 is 5.41 Å². The average molecular weight is 276 g/mol. The van der Waals surface area contributed by atoms with Crippen LogP contribution in [0.5, 0.6) is 0 Å². The number of rotatable bonds is 7. The summed E-state index contributed by atoms with van der Waals surface area (Å²) in [5.74, 6) is 0.500. The Kier molecular flexibility index (Phi) is 6.21. The molecule has 1 aromatic rings. The molecule has 0 heterocycles. The van der Waals surface area contributed by atoms with Crippen molar-refractivity contribution in [3.05, 3.63) is 35.9 Å². The van der Waals surface area contributed by atoms with Crippen LogP contribution in [-0.4, -0.2) is 18.5 Å². The van der Waals surface area contributed by atoms with Gasteiger partial charge >= 0.3 is 0 Å². The van der Waals surface area contributed by atoms with Gasteiger partial charge < -0.3 is 11.1 Å². The first-order valence-corrected chi connectivity index (χ1v) is 7.52. The van der Waals surface area contributed by atoms with Crippen LogP contribution < -0.4 is 11.1 Å². The fourth-order valence-corrected chi connectivity index (χ4v) is 2.48. The smallest absolute Gasteiger partial charge is 0.230 e. The Morgan fingerprint density at radius 2 is 1.75 bits per heavy atom. The van der Waals surface area contributed by atoms with Gasteiger partial charge in [-0.1, -0.05) is 57.0 Å². The number of hydrogen-bond acceptors (Lipinski definition) is 2. The summed E-state index contributed by atoms with van der Waals surface area (Å²) in [5.41, 5.74) is 6.64. The first-order chi connectivity index (χ1) is 9.43. The van der Waals surface area contributed by atoms with E-state index in [-0.39, 0.29) is 11.9 Å². The molecule has 0 aliphatic rings. The van der Waals surface area contributed by atoms with E-state index in [1.54, 1.807) is 0 Å². The third-order valence-corrected chi connectivity index (χ3v) is 4.22. The zero-order valence-electron chi connectivity index (χ0n) is 13.1. The molecule has 0 spiro atoms. The Bertz CT molecular complexity index is 410. The quantitative estimate of drug-likeness (QED) is 0.804. The van der Waals surface area contributed by atoms with Crippen molar-refractivity contribution in [3.8, 4) is 0 Å². The van der Waals surface area contributed by atoms with Crippen molar-refractivity contribution in [1.82, 2.24) is 5.32 Å². The normalized spacial score (nSPS) is 13.3. The van der Waals surface area contributed by atoms with E-state index in [0.717, 1.165) is 18.4 Å². The molecule has 0 saturated carbocycles. The van der Waals surface area contributed by atoms with Crippen molar-refractivity contribution in [1.29, 1.82) is 0 Å². The minimum atomic E-state index is -0.533. The molecule has 1 unspecified atom stereocenters. The Morgan fingerprint density at radius 3 is 2.25 bits per heavy atom. The van der Waals surface area contributed by atoms with Crippen LogP contribution in [0.4, 0.5) is 0 Å². The number of carbonyl (C=O) groups is 1. The maximum absolute atomic E-state index is 12.4. The summed E-state index contributed by atoms with van der Waals surface area (Å²) in [6, 6.07) is 9.88. The number of benzene rings is 1. The summed E-state index contributed by atoms with van der Waals surface area (Å²) in [7, 11) is 0. The van der Waals surface area contributed by atoms with Crippen molar-refractivity contribution in [2.75, 3.05) is 6.54 Å². The van der Waals surface area contributed by atoms with Gasteiger partial charge in [0, 0.05) is 12.6 Å². The zero-order chi connectivity index (χ0) is 15.2. The standard InChI is InChI=1S/C17H28N2O/c1-5-13(6-2)15(18)12-19-16(20)17(3,4)14-10-8-7-9-11-14/h7-11,13,15H,5-6,12,18H2,1-4H3,(H,19,20). The van der Waals surface area contributed by atoms with E-state index in [9.17, 15) is 4.79 Å². The molecular formula is C17H28N2O. The van der Waals surface area contributed by atoms with Crippen molar-refractivity contribution in [2.45, 2.75) is 52.0 Å². The topological polar surface area (TPSA) is 55.1 Å². The molecule has 1 aromatic carbocycles. The van der Waals surface area contributed by atoms with Crippen molar-refractivity contribution in [2.24, 2.45) is 11.7 Å². The van der Waals surface area contributed by atoms with Crippen molar-refractivity contribution in [3.63, 3.8) is 0 Å². The fourth-order valence-electron chi connectivity index (χ4n) is 2.48. The second kappa shape index (κ2) is 7.44. The summed E-state index contributed by atoms with van der Waals surface area (Å²) >= 11 is 0. The van der Waals surface area contributed by atoms with Gasteiger partial charge in [-0.15, -0.1) is 0 Å². The Balaban J connectivity index is 2.62. The molecule has 20 heavy (non-hydrogen) atoms. The van der Waals surface area contributed by atoms with Gasteiger partial charge in [-0.25, -0.2) is 0 Å². The van der Waals surface area contributed by atoms with Crippen LogP contribution in [0.2, 0.25) is 0 Å². The van der Waals surface area contributed by atoms with Crippen LogP contribution in [0, 0.1) is 5.92 Å². The molecule has 1 rings (SSSR count). The average Bonchev–Trinajstić information content (AvgIpc) is 2.46. The van der Waals surface area contributed by atoms with Crippen LogP contribution >= 0.6 is 0 Å². The summed E-state index contributed by atoms with van der Waals surface area (Å²) in [4.78, 5) is 12.4. The minimum absolute atomic E-state index is 0.0283. The third kappa shape index (κ3) is 4.07. The van der Waals surface area contributed by atoms with E-state index in [0.29, 0.717) is 12.5 Å². The van der Waals surface area contributed by atoms with Crippen LogP contribution in [0.1, 0.15) is 46.1 Å². The highest BCUT2D eigenvalue weighted by atomic mass is 16.2. The molecule has 0 bridgehead atoms. The van der Waals surface area contributed by atoms with Crippen LogP contribution in [0.3, 0.4) is 0 Å². The number of nitrogens with two attached hydrogens (primary N) is 1. The second-order valence-electron chi connectivity index (χ2n) is 5.94. The molecule has 3 heteroatoms. The van der Waals surface area contributed by atoms with E-state index >= 15 is 0 Å². The lowest BCUT2D eigenvalue weighted by Crippen LogP contribution is -2.47. The minimum Gasteiger partial charge on any atom is -0.354 e. The van der Waals surface area contributed by atoms with E-state index in [4.69, 9.17) is 5.73 Å². The summed E-state index contributed by atoms with van der Waals surface area (Å²) < 4.78 is 0. The first-order valence-electron chi connectivity index (χ1n) is 7.52. The Morgan fingerprint density at radius 1 is 1.20 bits per heavy atom. The van der Waals surface area contributed by atoms with Crippen molar-refractivity contribution < 1.29 is 4.79 Å². The molecule has 0 saturated heterocycles. The second-order valence-corrected chi connectivity index (χ2v) is 5.94. The Labute approximate surface area is 122 Å². The number of hydrogen-bond donors (Lipinski definition) is 2. The SMILES string of the molecule is CCC(CC)C(N)CNC(=O)C(C)(C)c1ccccc1. The summed E-state index contributed by atoms with van der Waals surface area (Å²) in [6.45, 7) is 8.72. The van der Waals surface area contributed by atoms with Gasteiger partial charge in [0.05, 0.1) is 5.41 Å². The first kappa shape index (κ1) is 16.7. The van der Waals surface area contributed by atoms with Gasteiger partial charge in [0.25, 0.3) is 0 Å². The zero-order valence-corrected chi connectivity index (χ0v) is 13.1. The van der Waals surface area contributed by atoms with Gasteiger partial charge in [0.1, 0.15) is 0 Å². The highest BCUT2D eigenvalue weighted by Gasteiger charge is 2.29. The fraction of sp³-hybridized carbons (Fsp3) is 0.588. The number of nitrogens with one attached hydrogen (secondary N) is 1. The molecule has 0 aliphatic heterocycles. The monoisotopic (exact) mass is 276 g/mol. The maximum Gasteiger partial charge on any atom is 0.230 e. The molecule has 1 amide bonds. The van der Waals surface area contributed by atoms with Gasteiger partial charge in [0.15, 0.2) is 0 Å². The largest absolute Gasteiger partial charge is 0.354 e. The molecular weight excluding hydrogens is 248 g/mol. The van der Waals surface area contributed by atoms with Crippen molar-refractivity contribution >= 4 is 5.91 Å². The maximum atomic E-state index is 12.4. The lowest BCUT2D eigenvalue weighted by molar-refractivity contribution is -0.125. The number of amides is 1. The van der Waals surface area contributed by atoms with Gasteiger partial charge in [-0.05, 0) is 25.3 Å². The van der Waals surface area contributed by atoms with E-state index in [2.05, 4.69) is 19.2 Å². The molecule has 3 N–H and O–H groups in total. The lowest BCUT2D eigenvalue weighted by Gasteiger charge is -2.27. The summed E-state index contributed by atoms with van der Waals surface area (Å²) in [5, 5.41) is 3.01. The van der Waals surface area contributed by atoms with Gasteiger partial charge in [-0.2, -0.15) is 0 Å². The highest BCUT2D eigenvalue weighted by molar-refractivity contribution is 5.87. The summed E-state index contributed by atoms with van der Waals surface area (Å²) in [6.07, 6.45) is 2.10. The molecule has 0 aromatic heterocycles. The molecule has 0 aliphatic carbocycles. The molecule has 3 nitrogen and oxygen atoms in total. The molecule has 112 valence electrons. The van der Waals surface area contributed by atoms with Crippen LogP contribution in [0.25, 0.3) is 0 Å². The highest BCUT2D eigenvalue weighted by Crippen LogP contribution is 2.23. The molecule has 1 atom stereocenters. The van der Waals surface area contributed by atoms with Crippen LogP contribution in [-0.2, 0) is 10.2 Å². The lowest BCUT2D eigenvalue weighted by atomic mass is 9.83. The van der Waals surface area contributed by atoms with Gasteiger partial charge in [-0.3, -0.25) is 4.79 Å². The molecule has 0 radical (unpaired) electrons. The number of carbonyl (C=O) groups excluding carboxylic acids is 1. The Hall–Kier alpha value is -1.35. The predicted octanol–water partition coefficient (Wildman–Crippen LogP) is 2.84. The molecule has 0 fully saturated rings. The van der Waals surface area contributed by atoms with E-state index in [1.807, 2.05) is 44.2 Å². The predicted molar refractivity (Wildman–Crippen MR) is 84.5 cm³/mol. The third-order valence-electron chi connectivity index (χ3n) is 4.22. The van der Waals surface area contributed by atoms with Crippen LogP contribution in [0.15, 0.2) is 30.3 Å². The van der Waals surface area contributed by atoms with Gasteiger partial charge in [0.2, 0.25) is 5.91 Å². The van der Waals surface area contributed by atoms with E-state index in [1.165, 1.54) is 0 Å².